The molecule has 1 aromatic carbocycles. The predicted molar refractivity (Wildman–Crippen MR) is 110 cm³/mol. The van der Waals surface area contributed by atoms with Crippen molar-refractivity contribution >= 4 is 18.0 Å². The maximum absolute atomic E-state index is 12.0. The maximum Gasteiger partial charge on any atom is 0.338 e. The summed E-state index contributed by atoms with van der Waals surface area (Å²) < 4.78 is 9.99. The van der Waals surface area contributed by atoms with E-state index in [4.69, 9.17) is 4.74 Å². The van der Waals surface area contributed by atoms with E-state index in [0.29, 0.717) is 12.0 Å². The smallest absolute Gasteiger partial charge is 0.338 e. The van der Waals surface area contributed by atoms with Gasteiger partial charge in [-0.2, -0.15) is 0 Å². The Labute approximate surface area is 163 Å². The number of carbonyl (C=O) groups excluding carboxylic acids is 2. The monoisotopic (exact) mass is 374 g/mol. The second-order valence-electron chi connectivity index (χ2n) is 7.76. The quantitative estimate of drug-likeness (QED) is 0.355. The van der Waals surface area contributed by atoms with Crippen LogP contribution in [0.3, 0.4) is 0 Å². The first-order valence-corrected chi connectivity index (χ1v) is 9.88. The number of methoxy groups -OCH3 is 1. The van der Waals surface area contributed by atoms with Crippen LogP contribution in [0.15, 0.2) is 30.3 Å². The maximum atomic E-state index is 12.0. The lowest BCUT2D eigenvalue weighted by Crippen LogP contribution is -2.23. The van der Waals surface area contributed by atoms with Crippen molar-refractivity contribution in [2.24, 2.45) is 0 Å². The molecule has 0 bridgehead atoms. The lowest BCUT2D eigenvalue weighted by Gasteiger charge is -2.19. The normalized spacial score (nSPS) is 11.6. The molecule has 1 aromatic rings. The van der Waals surface area contributed by atoms with Crippen LogP contribution < -0.4 is 0 Å². The van der Waals surface area contributed by atoms with E-state index in [-0.39, 0.29) is 11.9 Å². The van der Waals surface area contributed by atoms with Crippen molar-refractivity contribution < 1.29 is 19.1 Å². The fourth-order valence-corrected chi connectivity index (χ4v) is 2.63. The van der Waals surface area contributed by atoms with Gasteiger partial charge in [-0.1, -0.05) is 50.0 Å². The van der Waals surface area contributed by atoms with Crippen molar-refractivity contribution in [2.45, 2.75) is 77.7 Å². The van der Waals surface area contributed by atoms with E-state index in [2.05, 4.69) is 16.9 Å². The van der Waals surface area contributed by atoms with E-state index in [1.165, 1.54) is 32.8 Å². The van der Waals surface area contributed by atoms with Crippen LogP contribution in [0.5, 0.6) is 0 Å². The van der Waals surface area contributed by atoms with Gasteiger partial charge in [-0.05, 0) is 57.7 Å². The van der Waals surface area contributed by atoms with Crippen molar-refractivity contribution in [3.8, 4) is 0 Å². The molecule has 0 aliphatic rings. The van der Waals surface area contributed by atoms with Crippen LogP contribution >= 0.6 is 0 Å². The summed E-state index contributed by atoms with van der Waals surface area (Å²) in [7, 11) is 1.44. The van der Waals surface area contributed by atoms with E-state index in [0.717, 1.165) is 24.8 Å². The first-order chi connectivity index (χ1) is 12.8. The summed E-state index contributed by atoms with van der Waals surface area (Å²) >= 11 is 0. The number of benzene rings is 1. The van der Waals surface area contributed by atoms with E-state index < -0.39 is 5.60 Å². The zero-order chi connectivity index (χ0) is 20.1. The van der Waals surface area contributed by atoms with Crippen LogP contribution in [-0.4, -0.2) is 24.6 Å². The summed E-state index contributed by atoms with van der Waals surface area (Å²) in [5.41, 5.74) is 1.19. The SMILES string of the molecule is COC(=O)CCCCCCCCC=Cc1ccc(C(=O)OC(C)(C)C)cc1. The Morgan fingerprint density at radius 1 is 0.926 bits per heavy atom. The largest absolute Gasteiger partial charge is 0.469 e. The summed E-state index contributed by atoms with van der Waals surface area (Å²) in [6, 6.07) is 7.50. The Morgan fingerprint density at radius 2 is 1.52 bits per heavy atom. The zero-order valence-electron chi connectivity index (χ0n) is 17.3. The van der Waals surface area contributed by atoms with Crippen LogP contribution in [0.25, 0.3) is 6.08 Å². The molecule has 1 rings (SSSR count). The molecule has 0 amide bonds. The van der Waals surface area contributed by atoms with Gasteiger partial charge in [0.05, 0.1) is 12.7 Å². The number of unbranched alkanes of at least 4 members (excludes halogenated alkanes) is 6. The number of allylic oxidation sites excluding steroid dienone is 1. The molecule has 0 saturated carbocycles. The van der Waals surface area contributed by atoms with Crippen molar-refractivity contribution in [2.75, 3.05) is 7.11 Å². The Morgan fingerprint density at radius 3 is 2.11 bits per heavy atom. The van der Waals surface area contributed by atoms with E-state index >= 15 is 0 Å². The highest BCUT2D eigenvalue weighted by molar-refractivity contribution is 5.89. The average Bonchev–Trinajstić information content (AvgIpc) is 2.62. The van der Waals surface area contributed by atoms with Gasteiger partial charge in [-0.25, -0.2) is 4.79 Å². The molecule has 27 heavy (non-hydrogen) atoms. The molecule has 0 fully saturated rings. The minimum atomic E-state index is -0.475. The Kier molecular flexibility index (Phi) is 10.5. The molecule has 0 atom stereocenters. The van der Waals surface area contributed by atoms with Gasteiger partial charge in [0.15, 0.2) is 0 Å². The molecule has 150 valence electrons. The molecule has 0 spiro atoms. The van der Waals surface area contributed by atoms with Crippen LogP contribution in [0.2, 0.25) is 0 Å². The highest BCUT2D eigenvalue weighted by Crippen LogP contribution is 2.14. The number of hydrogen-bond acceptors (Lipinski definition) is 4. The third-order valence-corrected chi connectivity index (χ3v) is 4.08. The first kappa shape index (κ1) is 22.9. The van der Waals surface area contributed by atoms with Gasteiger partial charge in [0.25, 0.3) is 0 Å². The Bertz CT molecular complexity index is 594. The molecule has 0 unspecified atom stereocenters. The molecule has 0 N–H and O–H groups in total. The van der Waals surface area contributed by atoms with Crippen molar-refractivity contribution in [1.29, 1.82) is 0 Å². The van der Waals surface area contributed by atoms with E-state index in [9.17, 15) is 9.59 Å². The van der Waals surface area contributed by atoms with Crippen molar-refractivity contribution in [1.82, 2.24) is 0 Å². The summed E-state index contributed by atoms with van der Waals surface area (Å²) in [6.07, 6.45) is 12.6. The van der Waals surface area contributed by atoms with Crippen LogP contribution in [0.1, 0.15) is 88.1 Å². The summed E-state index contributed by atoms with van der Waals surface area (Å²) in [5.74, 6) is -0.399. The third kappa shape index (κ3) is 11.3. The number of hydrogen-bond donors (Lipinski definition) is 0. The first-order valence-electron chi connectivity index (χ1n) is 9.88. The zero-order valence-corrected chi connectivity index (χ0v) is 17.3. The van der Waals surface area contributed by atoms with Crippen LogP contribution in [-0.2, 0) is 14.3 Å². The number of rotatable bonds is 11. The molecular formula is C23H34O4. The van der Waals surface area contributed by atoms with Gasteiger partial charge in [0.2, 0.25) is 0 Å². The summed E-state index contributed by atoms with van der Waals surface area (Å²) in [5, 5.41) is 0. The van der Waals surface area contributed by atoms with Crippen molar-refractivity contribution in [3.05, 3.63) is 41.5 Å². The predicted octanol–water partition coefficient (Wildman–Crippen LogP) is 5.95. The number of carbonyl (C=O) groups is 2. The minimum Gasteiger partial charge on any atom is -0.469 e. The average molecular weight is 375 g/mol. The highest BCUT2D eigenvalue weighted by Gasteiger charge is 2.17. The highest BCUT2D eigenvalue weighted by atomic mass is 16.6. The second-order valence-corrected chi connectivity index (χ2v) is 7.76. The fraction of sp³-hybridized carbons (Fsp3) is 0.565. The molecule has 0 aliphatic carbocycles. The van der Waals surface area contributed by atoms with Crippen LogP contribution in [0.4, 0.5) is 0 Å². The molecule has 0 radical (unpaired) electrons. The van der Waals surface area contributed by atoms with Gasteiger partial charge >= 0.3 is 11.9 Å². The fourth-order valence-electron chi connectivity index (χ4n) is 2.63. The van der Waals surface area contributed by atoms with Gasteiger partial charge in [-0.15, -0.1) is 0 Å². The minimum absolute atomic E-state index is 0.112. The Balaban J connectivity index is 2.17. The molecule has 0 aliphatic heterocycles. The molecule has 4 nitrogen and oxygen atoms in total. The lowest BCUT2D eigenvalue weighted by molar-refractivity contribution is -0.140. The topological polar surface area (TPSA) is 52.6 Å². The lowest BCUT2D eigenvalue weighted by atomic mass is 10.1. The standard InChI is InChI=1S/C23H34O4/c1-23(2,3)27-22(25)20-17-15-19(16-18-20)13-11-9-7-5-6-8-10-12-14-21(24)26-4/h11,13,15-18H,5-10,12,14H2,1-4H3. The molecule has 0 aromatic heterocycles. The second kappa shape index (κ2) is 12.3. The van der Waals surface area contributed by atoms with E-state index in [1.54, 1.807) is 0 Å². The molecule has 0 heterocycles. The number of ether oxygens (including phenoxy) is 2. The third-order valence-electron chi connectivity index (χ3n) is 4.08. The number of esters is 2. The molecule has 4 heteroatoms. The summed E-state index contributed by atoms with van der Waals surface area (Å²) in [6.45, 7) is 5.60. The Hall–Kier alpha value is -2.10. The van der Waals surface area contributed by atoms with Gasteiger partial charge < -0.3 is 9.47 Å². The van der Waals surface area contributed by atoms with Gasteiger partial charge in [0, 0.05) is 6.42 Å². The molecule has 0 saturated heterocycles. The van der Waals surface area contributed by atoms with Crippen molar-refractivity contribution in [3.63, 3.8) is 0 Å². The van der Waals surface area contributed by atoms with Crippen LogP contribution in [0, 0.1) is 0 Å². The van der Waals surface area contributed by atoms with E-state index in [1.807, 2.05) is 45.0 Å². The van der Waals surface area contributed by atoms with Gasteiger partial charge in [-0.3, -0.25) is 4.79 Å². The molecular weight excluding hydrogens is 340 g/mol. The summed E-state index contributed by atoms with van der Waals surface area (Å²) in [4.78, 5) is 23.0. The van der Waals surface area contributed by atoms with Gasteiger partial charge in [0.1, 0.15) is 5.60 Å².